The van der Waals surface area contributed by atoms with Crippen LogP contribution in [0.2, 0.25) is 0 Å². The minimum atomic E-state index is -0.00850. The van der Waals surface area contributed by atoms with Crippen LogP contribution >= 0.6 is 0 Å². The summed E-state index contributed by atoms with van der Waals surface area (Å²) in [4.78, 5) is 0. The molecule has 0 saturated carbocycles. The largest absolute Gasteiger partial charge is 0.493 e. The van der Waals surface area contributed by atoms with Crippen LogP contribution in [0.3, 0.4) is 0 Å². The molecule has 0 spiro atoms. The monoisotopic (exact) mass is 291 g/mol. The Hall–Kier alpha value is -2.37. The van der Waals surface area contributed by atoms with Crippen molar-refractivity contribution in [3.8, 4) is 28.5 Å². The van der Waals surface area contributed by atoms with Crippen molar-refractivity contribution in [2.75, 3.05) is 20.0 Å². The number of nitrogen functional groups attached to an aromatic ring is 1. The Bertz CT molecular complexity index is 616. The number of ether oxygens (including phenoxy) is 3. The van der Waals surface area contributed by atoms with Gasteiger partial charge in [0.25, 0.3) is 0 Å². The lowest BCUT2D eigenvalue weighted by Gasteiger charge is -2.18. The van der Waals surface area contributed by atoms with Crippen molar-refractivity contribution in [3.63, 3.8) is 0 Å². The Balaban J connectivity index is 2.64. The van der Waals surface area contributed by atoms with Gasteiger partial charge >= 0.3 is 0 Å². The summed E-state index contributed by atoms with van der Waals surface area (Å²) in [7, 11) is 4.97. The minimum absolute atomic E-state index is 0.00850. The van der Waals surface area contributed by atoms with E-state index in [4.69, 9.17) is 19.9 Å². The van der Waals surface area contributed by atoms with E-state index >= 15 is 0 Å². The highest BCUT2D eigenvalue weighted by atomic mass is 16.5. The van der Waals surface area contributed by atoms with Crippen LogP contribution in [0.5, 0.6) is 17.2 Å². The van der Waals surface area contributed by atoms with Crippen molar-refractivity contribution < 1.29 is 14.2 Å². The van der Waals surface area contributed by atoms with Gasteiger partial charge in [0.2, 0.25) is 5.75 Å². The molecule has 6 nitrogen and oxygen atoms in total. The molecule has 2 rings (SSSR count). The van der Waals surface area contributed by atoms with E-state index in [-0.39, 0.29) is 6.10 Å². The molecule has 0 fully saturated rings. The molecule has 2 N–H and O–H groups in total. The van der Waals surface area contributed by atoms with Gasteiger partial charge in [-0.15, -0.1) is 0 Å². The van der Waals surface area contributed by atoms with E-state index in [1.165, 1.54) is 0 Å². The highest BCUT2D eigenvalue weighted by Gasteiger charge is 2.20. The third-order valence-electron chi connectivity index (χ3n) is 3.05. The van der Waals surface area contributed by atoms with Crippen LogP contribution in [-0.4, -0.2) is 30.1 Å². The SMILES string of the molecule is COc1ccc(-c2cc(N)n(C)n2)c(OC(C)C)c1OC. The number of nitrogens with two attached hydrogens (primary N) is 1. The number of aryl methyl sites for hydroxylation is 1. The Morgan fingerprint density at radius 2 is 1.86 bits per heavy atom. The van der Waals surface area contributed by atoms with E-state index in [9.17, 15) is 0 Å². The summed E-state index contributed by atoms with van der Waals surface area (Å²) in [5.41, 5.74) is 7.40. The molecule has 114 valence electrons. The smallest absolute Gasteiger partial charge is 0.204 e. The molecule has 0 aliphatic rings. The van der Waals surface area contributed by atoms with Crippen LogP contribution in [0.15, 0.2) is 18.2 Å². The maximum absolute atomic E-state index is 5.92. The van der Waals surface area contributed by atoms with E-state index in [0.29, 0.717) is 23.1 Å². The molecule has 0 saturated heterocycles. The first kappa shape index (κ1) is 15.0. The van der Waals surface area contributed by atoms with Crippen molar-refractivity contribution >= 4 is 5.82 Å². The summed E-state index contributed by atoms with van der Waals surface area (Å²) in [5.74, 6) is 2.34. The van der Waals surface area contributed by atoms with Crippen LogP contribution in [0, 0.1) is 0 Å². The molecular weight excluding hydrogens is 270 g/mol. The summed E-state index contributed by atoms with van der Waals surface area (Å²) >= 11 is 0. The maximum atomic E-state index is 5.92. The van der Waals surface area contributed by atoms with Crippen molar-refractivity contribution in [2.24, 2.45) is 7.05 Å². The van der Waals surface area contributed by atoms with Gasteiger partial charge in [0.15, 0.2) is 11.5 Å². The van der Waals surface area contributed by atoms with E-state index in [0.717, 1.165) is 11.3 Å². The third-order valence-corrected chi connectivity index (χ3v) is 3.05. The molecule has 0 aliphatic heterocycles. The second-order valence-electron chi connectivity index (χ2n) is 4.92. The van der Waals surface area contributed by atoms with E-state index in [2.05, 4.69) is 5.10 Å². The zero-order valence-electron chi connectivity index (χ0n) is 13.0. The van der Waals surface area contributed by atoms with Crippen LogP contribution in [0.4, 0.5) is 5.82 Å². The number of rotatable bonds is 5. The third kappa shape index (κ3) is 2.89. The lowest BCUT2D eigenvalue weighted by molar-refractivity contribution is 0.227. The number of hydrogen-bond acceptors (Lipinski definition) is 5. The second kappa shape index (κ2) is 5.95. The van der Waals surface area contributed by atoms with E-state index in [1.54, 1.807) is 32.0 Å². The fourth-order valence-electron chi connectivity index (χ4n) is 2.07. The quantitative estimate of drug-likeness (QED) is 0.916. The van der Waals surface area contributed by atoms with Crippen molar-refractivity contribution in [1.29, 1.82) is 0 Å². The summed E-state index contributed by atoms with van der Waals surface area (Å²) in [6, 6.07) is 5.52. The second-order valence-corrected chi connectivity index (χ2v) is 4.92. The fraction of sp³-hybridized carbons (Fsp3) is 0.400. The predicted octanol–water partition coefficient (Wildman–Crippen LogP) is 2.47. The van der Waals surface area contributed by atoms with E-state index in [1.807, 2.05) is 26.0 Å². The Kier molecular flexibility index (Phi) is 4.26. The number of aromatic nitrogens is 2. The van der Waals surface area contributed by atoms with Gasteiger partial charge in [-0.05, 0) is 26.0 Å². The van der Waals surface area contributed by atoms with Crippen LogP contribution in [0.25, 0.3) is 11.3 Å². The first-order chi connectivity index (χ1) is 9.97. The lowest BCUT2D eigenvalue weighted by atomic mass is 10.1. The zero-order valence-corrected chi connectivity index (χ0v) is 13.0. The molecule has 1 heterocycles. The minimum Gasteiger partial charge on any atom is -0.493 e. The maximum Gasteiger partial charge on any atom is 0.204 e. The highest BCUT2D eigenvalue weighted by molar-refractivity contribution is 5.75. The molecule has 21 heavy (non-hydrogen) atoms. The molecule has 0 atom stereocenters. The summed E-state index contributed by atoms with van der Waals surface area (Å²) < 4.78 is 18.3. The number of anilines is 1. The van der Waals surface area contributed by atoms with Gasteiger partial charge in [-0.25, -0.2) is 0 Å². The zero-order chi connectivity index (χ0) is 15.6. The van der Waals surface area contributed by atoms with E-state index < -0.39 is 0 Å². The highest BCUT2D eigenvalue weighted by Crippen LogP contribution is 2.44. The van der Waals surface area contributed by atoms with Gasteiger partial charge in [0.1, 0.15) is 5.82 Å². The number of benzene rings is 1. The van der Waals surface area contributed by atoms with Crippen molar-refractivity contribution in [2.45, 2.75) is 20.0 Å². The lowest BCUT2D eigenvalue weighted by Crippen LogP contribution is -2.08. The molecule has 0 amide bonds. The van der Waals surface area contributed by atoms with Crippen LogP contribution in [0.1, 0.15) is 13.8 Å². The number of methoxy groups -OCH3 is 2. The molecule has 0 radical (unpaired) electrons. The molecule has 0 bridgehead atoms. The average Bonchev–Trinajstić information content (AvgIpc) is 2.77. The van der Waals surface area contributed by atoms with Gasteiger partial charge in [-0.2, -0.15) is 5.10 Å². The fourth-order valence-corrected chi connectivity index (χ4v) is 2.07. The molecule has 0 aliphatic carbocycles. The molecule has 6 heteroatoms. The molecule has 1 aromatic heterocycles. The van der Waals surface area contributed by atoms with Gasteiger partial charge in [-0.1, -0.05) is 0 Å². The summed E-state index contributed by atoms with van der Waals surface area (Å²) in [6.07, 6.45) is -0.00850. The summed E-state index contributed by atoms with van der Waals surface area (Å²) in [5, 5.41) is 4.39. The van der Waals surface area contributed by atoms with Gasteiger partial charge in [-0.3, -0.25) is 4.68 Å². The standard InChI is InChI=1S/C15H21N3O3/c1-9(2)21-14-10(11-8-13(16)18(3)17-11)6-7-12(19-4)15(14)20-5/h6-9H,16H2,1-5H3. The van der Waals surface area contributed by atoms with Gasteiger partial charge in [0, 0.05) is 18.7 Å². The molecule has 1 aromatic carbocycles. The molecular formula is C15H21N3O3. The first-order valence-corrected chi connectivity index (χ1v) is 6.69. The Morgan fingerprint density at radius 1 is 1.14 bits per heavy atom. The Labute approximate surface area is 124 Å². The van der Waals surface area contributed by atoms with Crippen LogP contribution < -0.4 is 19.9 Å². The molecule has 0 unspecified atom stereocenters. The first-order valence-electron chi connectivity index (χ1n) is 6.69. The molecule has 2 aromatic rings. The summed E-state index contributed by atoms with van der Waals surface area (Å²) in [6.45, 7) is 3.91. The van der Waals surface area contributed by atoms with Gasteiger partial charge in [0.05, 0.1) is 26.0 Å². The predicted molar refractivity (Wildman–Crippen MR) is 81.9 cm³/mol. The average molecular weight is 291 g/mol. The topological polar surface area (TPSA) is 71.5 Å². The van der Waals surface area contributed by atoms with Crippen molar-refractivity contribution in [3.05, 3.63) is 18.2 Å². The Morgan fingerprint density at radius 3 is 2.33 bits per heavy atom. The van der Waals surface area contributed by atoms with Crippen LogP contribution in [-0.2, 0) is 7.05 Å². The van der Waals surface area contributed by atoms with Gasteiger partial charge < -0.3 is 19.9 Å². The number of hydrogen-bond donors (Lipinski definition) is 1. The van der Waals surface area contributed by atoms with Crippen molar-refractivity contribution in [1.82, 2.24) is 9.78 Å². The number of nitrogens with zero attached hydrogens (tertiary/aromatic N) is 2. The normalized spacial score (nSPS) is 10.8.